The number of furan rings is 1. The van der Waals surface area contributed by atoms with Crippen LogP contribution in [0.25, 0.3) is 11.0 Å². The minimum atomic E-state index is -0.272. The van der Waals surface area contributed by atoms with Gasteiger partial charge in [-0.25, -0.2) is 4.39 Å². The molecule has 0 radical (unpaired) electrons. The van der Waals surface area contributed by atoms with E-state index >= 15 is 0 Å². The molecule has 0 aliphatic carbocycles. The molecule has 0 spiro atoms. The van der Waals surface area contributed by atoms with E-state index in [0.29, 0.717) is 12.4 Å². The third kappa shape index (κ3) is 2.60. The maximum atomic E-state index is 12.8. The van der Waals surface area contributed by atoms with Crippen molar-refractivity contribution in [2.45, 2.75) is 13.5 Å². The summed E-state index contributed by atoms with van der Waals surface area (Å²) in [7, 11) is 0. The van der Waals surface area contributed by atoms with E-state index in [-0.39, 0.29) is 5.82 Å². The number of rotatable bonds is 3. The monoisotopic (exact) mass is 256 g/mol. The molecule has 3 heteroatoms. The molecule has 0 saturated heterocycles. The molecule has 3 rings (SSSR count). The van der Waals surface area contributed by atoms with Gasteiger partial charge in [0.15, 0.2) is 0 Å². The van der Waals surface area contributed by atoms with E-state index in [1.54, 1.807) is 12.1 Å². The molecule has 0 bridgehead atoms. The van der Waals surface area contributed by atoms with Crippen LogP contribution in [0.2, 0.25) is 0 Å². The lowest BCUT2D eigenvalue weighted by atomic mass is 10.2. The van der Waals surface area contributed by atoms with E-state index in [9.17, 15) is 4.39 Å². The molecule has 2 nitrogen and oxygen atoms in total. The second-order valence-electron chi connectivity index (χ2n) is 4.50. The van der Waals surface area contributed by atoms with Crippen molar-refractivity contribution >= 4 is 11.0 Å². The van der Waals surface area contributed by atoms with Crippen LogP contribution in [0.5, 0.6) is 5.75 Å². The Labute approximate surface area is 110 Å². The molecule has 0 amide bonds. The average Bonchev–Trinajstić information content (AvgIpc) is 2.80. The van der Waals surface area contributed by atoms with Crippen molar-refractivity contribution in [2.24, 2.45) is 0 Å². The first-order valence-corrected chi connectivity index (χ1v) is 6.08. The van der Waals surface area contributed by atoms with E-state index in [1.165, 1.54) is 12.1 Å². The highest BCUT2D eigenvalue weighted by atomic mass is 19.1. The summed E-state index contributed by atoms with van der Waals surface area (Å²) in [6.07, 6.45) is 0. The van der Waals surface area contributed by atoms with Crippen LogP contribution in [-0.4, -0.2) is 0 Å². The highest BCUT2D eigenvalue weighted by Gasteiger charge is 2.04. The second-order valence-corrected chi connectivity index (χ2v) is 4.50. The van der Waals surface area contributed by atoms with Gasteiger partial charge >= 0.3 is 0 Å². The summed E-state index contributed by atoms with van der Waals surface area (Å²) in [6, 6.07) is 14.0. The topological polar surface area (TPSA) is 22.4 Å². The van der Waals surface area contributed by atoms with E-state index in [4.69, 9.17) is 9.15 Å². The summed E-state index contributed by atoms with van der Waals surface area (Å²) in [4.78, 5) is 0. The van der Waals surface area contributed by atoms with Gasteiger partial charge in [0, 0.05) is 5.39 Å². The molecule has 2 aromatic carbocycles. The predicted molar refractivity (Wildman–Crippen MR) is 71.7 cm³/mol. The van der Waals surface area contributed by atoms with Gasteiger partial charge in [0.25, 0.3) is 0 Å². The Morgan fingerprint density at radius 2 is 1.84 bits per heavy atom. The number of aryl methyl sites for hydroxylation is 1. The van der Waals surface area contributed by atoms with Crippen LogP contribution in [0.3, 0.4) is 0 Å². The molecule has 0 aliphatic rings. The van der Waals surface area contributed by atoms with Crippen LogP contribution in [0.4, 0.5) is 4.39 Å². The molecular weight excluding hydrogens is 243 g/mol. The summed E-state index contributed by atoms with van der Waals surface area (Å²) in [5.41, 5.74) is 2.02. The third-order valence-corrected chi connectivity index (χ3v) is 2.92. The Bertz CT molecular complexity index is 698. The Kier molecular flexibility index (Phi) is 2.95. The van der Waals surface area contributed by atoms with E-state index in [2.05, 4.69) is 0 Å². The van der Waals surface area contributed by atoms with Crippen LogP contribution < -0.4 is 4.74 Å². The standard InChI is InChI=1S/C16H13FO2/c1-11-2-3-12-9-15(19-16(12)8-11)10-18-14-6-4-13(17)5-7-14/h2-9H,10H2,1H3. The fourth-order valence-electron chi connectivity index (χ4n) is 1.95. The number of ether oxygens (including phenoxy) is 1. The van der Waals surface area contributed by atoms with Crippen LogP contribution in [0, 0.1) is 12.7 Å². The van der Waals surface area contributed by atoms with Crippen molar-refractivity contribution in [3.63, 3.8) is 0 Å². The number of hydrogen-bond acceptors (Lipinski definition) is 2. The normalized spacial score (nSPS) is 10.8. The summed E-state index contributed by atoms with van der Waals surface area (Å²) in [6.45, 7) is 2.36. The molecule has 0 unspecified atom stereocenters. The van der Waals surface area contributed by atoms with Gasteiger partial charge in [-0.15, -0.1) is 0 Å². The molecule has 0 aliphatic heterocycles. The van der Waals surface area contributed by atoms with Crippen molar-refractivity contribution in [3.05, 3.63) is 65.7 Å². The first-order valence-electron chi connectivity index (χ1n) is 6.08. The fraction of sp³-hybridized carbons (Fsp3) is 0.125. The quantitative estimate of drug-likeness (QED) is 0.690. The van der Waals surface area contributed by atoms with Crippen LogP contribution in [-0.2, 0) is 6.61 Å². The smallest absolute Gasteiger partial charge is 0.146 e. The highest BCUT2D eigenvalue weighted by molar-refractivity contribution is 5.78. The first kappa shape index (κ1) is 11.8. The van der Waals surface area contributed by atoms with Crippen molar-refractivity contribution in [1.29, 1.82) is 0 Å². The van der Waals surface area contributed by atoms with Gasteiger partial charge in [-0.1, -0.05) is 12.1 Å². The van der Waals surface area contributed by atoms with Gasteiger partial charge in [-0.3, -0.25) is 0 Å². The number of halogens is 1. The van der Waals surface area contributed by atoms with Gasteiger partial charge in [-0.05, 0) is 48.9 Å². The molecule has 19 heavy (non-hydrogen) atoms. The summed E-state index contributed by atoms with van der Waals surface area (Å²) in [5.74, 6) is 1.11. The predicted octanol–water partition coefficient (Wildman–Crippen LogP) is 4.46. The lowest BCUT2D eigenvalue weighted by Crippen LogP contribution is -1.93. The maximum absolute atomic E-state index is 12.8. The molecule has 3 aromatic rings. The van der Waals surface area contributed by atoms with Gasteiger partial charge in [0.2, 0.25) is 0 Å². The van der Waals surface area contributed by atoms with Crippen LogP contribution in [0.15, 0.2) is 52.9 Å². The minimum Gasteiger partial charge on any atom is -0.486 e. The van der Waals surface area contributed by atoms with E-state index < -0.39 is 0 Å². The number of fused-ring (bicyclic) bond motifs is 1. The van der Waals surface area contributed by atoms with Crippen molar-refractivity contribution in [1.82, 2.24) is 0 Å². The number of benzene rings is 2. The molecule has 0 saturated carbocycles. The lowest BCUT2D eigenvalue weighted by Gasteiger charge is -2.03. The Hall–Kier alpha value is -2.29. The van der Waals surface area contributed by atoms with Gasteiger partial charge in [0.1, 0.15) is 29.5 Å². The molecular formula is C16H13FO2. The van der Waals surface area contributed by atoms with Gasteiger partial charge in [0.05, 0.1) is 0 Å². The Morgan fingerprint density at radius 1 is 1.05 bits per heavy atom. The van der Waals surface area contributed by atoms with Gasteiger partial charge in [-0.2, -0.15) is 0 Å². The highest BCUT2D eigenvalue weighted by Crippen LogP contribution is 2.22. The zero-order valence-electron chi connectivity index (χ0n) is 10.5. The molecule has 0 fully saturated rings. The molecule has 1 aromatic heterocycles. The zero-order valence-corrected chi connectivity index (χ0v) is 10.5. The minimum absolute atomic E-state index is 0.272. The molecule has 96 valence electrons. The van der Waals surface area contributed by atoms with E-state index in [0.717, 1.165) is 22.3 Å². The Balaban J connectivity index is 1.76. The largest absolute Gasteiger partial charge is 0.486 e. The van der Waals surface area contributed by atoms with Gasteiger partial charge < -0.3 is 9.15 Å². The first-order chi connectivity index (χ1) is 9.20. The third-order valence-electron chi connectivity index (χ3n) is 2.92. The summed E-state index contributed by atoms with van der Waals surface area (Å²) >= 11 is 0. The number of hydrogen-bond donors (Lipinski definition) is 0. The van der Waals surface area contributed by atoms with Crippen molar-refractivity contribution < 1.29 is 13.5 Å². The lowest BCUT2D eigenvalue weighted by molar-refractivity contribution is 0.274. The van der Waals surface area contributed by atoms with Crippen molar-refractivity contribution in [2.75, 3.05) is 0 Å². The maximum Gasteiger partial charge on any atom is 0.146 e. The average molecular weight is 256 g/mol. The Morgan fingerprint density at radius 3 is 2.63 bits per heavy atom. The van der Waals surface area contributed by atoms with Crippen molar-refractivity contribution in [3.8, 4) is 5.75 Å². The zero-order chi connectivity index (χ0) is 13.2. The molecule has 1 heterocycles. The second kappa shape index (κ2) is 4.76. The molecule has 0 N–H and O–H groups in total. The summed E-state index contributed by atoms with van der Waals surface area (Å²) in [5, 5.41) is 1.06. The van der Waals surface area contributed by atoms with E-state index in [1.807, 2.05) is 31.2 Å². The SMILES string of the molecule is Cc1ccc2cc(COc3ccc(F)cc3)oc2c1. The summed E-state index contributed by atoms with van der Waals surface area (Å²) < 4.78 is 24.0. The fourth-order valence-corrected chi connectivity index (χ4v) is 1.95. The van der Waals surface area contributed by atoms with Crippen LogP contribution in [0.1, 0.15) is 11.3 Å². The van der Waals surface area contributed by atoms with Crippen LogP contribution >= 0.6 is 0 Å². The molecule has 0 atom stereocenters.